The second kappa shape index (κ2) is 7.07. The van der Waals surface area contributed by atoms with Crippen molar-refractivity contribution in [3.63, 3.8) is 0 Å². The lowest BCUT2D eigenvalue weighted by molar-refractivity contribution is -0.255. The van der Waals surface area contributed by atoms with E-state index in [9.17, 15) is 19.5 Å². The fraction of sp³-hybridized carbons (Fsp3) is 0.118. The molecule has 128 valence electrons. The fourth-order valence-electron chi connectivity index (χ4n) is 2.50. The van der Waals surface area contributed by atoms with Gasteiger partial charge in [-0.3, -0.25) is 9.59 Å². The molecular weight excluding hydrogens is 385 g/mol. The Bertz CT molecular complexity index is 887. The van der Waals surface area contributed by atoms with Gasteiger partial charge >= 0.3 is 0 Å². The van der Waals surface area contributed by atoms with Gasteiger partial charge in [-0.2, -0.15) is 0 Å². The predicted octanol–water partition coefficient (Wildman–Crippen LogP) is 2.78. The summed E-state index contributed by atoms with van der Waals surface area (Å²) in [7, 11) is 0. The van der Waals surface area contributed by atoms with Gasteiger partial charge in [0.1, 0.15) is 0 Å². The first-order valence-electron chi connectivity index (χ1n) is 7.17. The maximum Gasteiger partial charge on any atom is 0.247 e. The second-order valence-electron chi connectivity index (χ2n) is 5.26. The van der Waals surface area contributed by atoms with Gasteiger partial charge in [0.2, 0.25) is 11.8 Å². The predicted molar refractivity (Wildman–Crippen MR) is 94.0 cm³/mol. The van der Waals surface area contributed by atoms with Crippen molar-refractivity contribution in [3.05, 3.63) is 58.1 Å². The first-order valence-corrected chi connectivity index (χ1v) is 8.81. The number of imide groups is 1. The minimum atomic E-state index is -1.34. The Morgan fingerprint density at radius 3 is 2.56 bits per heavy atom. The molecule has 25 heavy (non-hydrogen) atoms. The molecule has 5 nitrogen and oxygen atoms in total. The molecule has 3 rings (SSSR count). The third-order valence-electron chi connectivity index (χ3n) is 3.63. The van der Waals surface area contributed by atoms with Crippen molar-refractivity contribution in [1.82, 2.24) is 0 Å². The molecule has 1 aliphatic heterocycles. The van der Waals surface area contributed by atoms with Crippen molar-refractivity contribution in [2.45, 2.75) is 16.6 Å². The van der Waals surface area contributed by atoms with Crippen LogP contribution in [0.25, 0.3) is 0 Å². The number of aromatic carboxylic acids is 1. The Morgan fingerprint density at radius 2 is 1.88 bits per heavy atom. The molecule has 0 N–H and O–H groups in total. The molecule has 0 spiro atoms. The van der Waals surface area contributed by atoms with Crippen LogP contribution >= 0.6 is 35.0 Å². The number of rotatable bonds is 4. The van der Waals surface area contributed by atoms with E-state index in [1.165, 1.54) is 24.3 Å². The highest BCUT2D eigenvalue weighted by Crippen LogP contribution is 2.38. The number of nitrogens with zero attached hydrogens (tertiary/aromatic N) is 1. The van der Waals surface area contributed by atoms with E-state index in [1.54, 1.807) is 18.2 Å². The highest BCUT2D eigenvalue weighted by molar-refractivity contribution is 8.00. The molecule has 0 aliphatic carbocycles. The van der Waals surface area contributed by atoms with Crippen LogP contribution < -0.4 is 10.0 Å². The zero-order valence-electron chi connectivity index (χ0n) is 12.6. The Morgan fingerprint density at radius 1 is 1.16 bits per heavy atom. The van der Waals surface area contributed by atoms with Gasteiger partial charge in [-0.15, -0.1) is 11.8 Å². The van der Waals surface area contributed by atoms with E-state index in [1.807, 2.05) is 0 Å². The van der Waals surface area contributed by atoms with Crippen LogP contribution in [-0.4, -0.2) is 23.0 Å². The van der Waals surface area contributed by atoms with Crippen LogP contribution in [0.2, 0.25) is 10.0 Å². The van der Waals surface area contributed by atoms with Crippen LogP contribution in [0.5, 0.6) is 0 Å². The molecule has 1 saturated heterocycles. The molecule has 0 saturated carbocycles. The summed E-state index contributed by atoms with van der Waals surface area (Å²) in [6, 6.07) is 10.7. The van der Waals surface area contributed by atoms with Gasteiger partial charge in [0.25, 0.3) is 0 Å². The summed E-state index contributed by atoms with van der Waals surface area (Å²) in [5.74, 6) is -2.19. The summed E-state index contributed by atoms with van der Waals surface area (Å²) < 4.78 is 0. The molecule has 0 radical (unpaired) electrons. The van der Waals surface area contributed by atoms with E-state index in [2.05, 4.69) is 0 Å². The topological polar surface area (TPSA) is 77.5 Å². The van der Waals surface area contributed by atoms with Crippen LogP contribution in [0.3, 0.4) is 0 Å². The monoisotopic (exact) mass is 394 g/mol. The number of carbonyl (C=O) groups excluding carboxylic acids is 3. The largest absolute Gasteiger partial charge is 0.545 e. The average molecular weight is 395 g/mol. The molecular formula is C17H10Cl2NO4S-. The number of hydrogen-bond donors (Lipinski definition) is 0. The molecule has 0 aromatic heterocycles. The van der Waals surface area contributed by atoms with Gasteiger partial charge in [0.05, 0.1) is 21.9 Å². The summed E-state index contributed by atoms with van der Waals surface area (Å²) in [4.78, 5) is 37.6. The summed E-state index contributed by atoms with van der Waals surface area (Å²) in [5.41, 5.74) is 0.244. The number of halogens is 2. The van der Waals surface area contributed by atoms with E-state index >= 15 is 0 Å². The van der Waals surface area contributed by atoms with Crippen LogP contribution in [0.1, 0.15) is 16.8 Å². The third-order valence-corrected chi connectivity index (χ3v) is 5.43. The molecule has 0 bridgehead atoms. The zero-order chi connectivity index (χ0) is 18.1. The maximum atomic E-state index is 12.7. The third kappa shape index (κ3) is 3.51. The lowest BCUT2D eigenvalue weighted by Crippen LogP contribution is -2.31. The number of hydrogen-bond acceptors (Lipinski definition) is 5. The molecule has 1 atom stereocenters. The smallest absolute Gasteiger partial charge is 0.247 e. The maximum absolute atomic E-state index is 12.7. The van der Waals surface area contributed by atoms with Gasteiger partial charge in [0.15, 0.2) is 0 Å². The van der Waals surface area contributed by atoms with Gasteiger partial charge in [-0.05, 0) is 24.3 Å². The van der Waals surface area contributed by atoms with Gasteiger partial charge in [-0.25, -0.2) is 4.90 Å². The number of thioether (sulfide) groups is 1. The van der Waals surface area contributed by atoms with E-state index in [-0.39, 0.29) is 22.7 Å². The first-order chi connectivity index (χ1) is 11.9. The standard InChI is InChI=1S/C17H11Cl2NO4S/c18-9-5-6-12(11(19)7-9)20-15(21)8-14(16(20)22)25-13-4-2-1-3-10(13)17(23)24/h1-7,14H,8H2,(H,23,24)/p-1/t14-/m0/s1. The van der Waals surface area contributed by atoms with Gasteiger partial charge in [-0.1, -0.05) is 41.4 Å². The number of carboxylic acid groups (broad SMARTS) is 1. The number of anilines is 1. The summed E-state index contributed by atoms with van der Waals surface area (Å²) in [6.45, 7) is 0. The van der Waals surface area contributed by atoms with E-state index in [0.29, 0.717) is 9.92 Å². The normalized spacial score (nSPS) is 17.2. The van der Waals surface area contributed by atoms with Crippen molar-refractivity contribution < 1.29 is 19.5 Å². The molecule has 8 heteroatoms. The quantitative estimate of drug-likeness (QED) is 0.744. The van der Waals surface area contributed by atoms with Crippen LogP contribution in [-0.2, 0) is 9.59 Å². The molecule has 1 fully saturated rings. The number of amides is 2. The van der Waals surface area contributed by atoms with Crippen LogP contribution in [0.15, 0.2) is 47.4 Å². The van der Waals surface area contributed by atoms with Crippen molar-refractivity contribution in [3.8, 4) is 0 Å². The Kier molecular flexibility index (Phi) is 5.03. The van der Waals surface area contributed by atoms with E-state index < -0.39 is 23.0 Å². The van der Waals surface area contributed by atoms with E-state index in [4.69, 9.17) is 23.2 Å². The number of carboxylic acids is 1. The molecule has 2 aromatic carbocycles. The number of benzene rings is 2. The van der Waals surface area contributed by atoms with Crippen molar-refractivity contribution in [2.24, 2.45) is 0 Å². The Labute approximate surface area is 157 Å². The van der Waals surface area contributed by atoms with Gasteiger partial charge in [0, 0.05) is 21.9 Å². The average Bonchev–Trinajstić information content (AvgIpc) is 2.82. The molecule has 2 aromatic rings. The fourth-order valence-corrected chi connectivity index (χ4v) is 4.17. The van der Waals surface area contributed by atoms with Crippen LogP contribution in [0, 0.1) is 0 Å². The van der Waals surface area contributed by atoms with Crippen molar-refractivity contribution in [1.29, 1.82) is 0 Å². The lowest BCUT2D eigenvalue weighted by atomic mass is 10.2. The molecule has 2 amide bonds. The highest BCUT2D eigenvalue weighted by Gasteiger charge is 2.41. The second-order valence-corrected chi connectivity index (χ2v) is 7.35. The molecule has 1 heterocycles. The Hall–Kier alpha value is -2.02. The first kappa shape index (κ1) is 17.8. The van der Waals surface area contributed by atoms with Gasteiger partial charge < -0.3 is 9.90 Å². The molecule has 0 unspecified atom stereocenters. The summed E-state index contributed by atoms with van der Waals surface area (Å²) in [6.07, 6.45) is -0.0517. The zero-order valence-corrected chi connectivity index (χ0v) is 14.9. The molecule has 1 aliphatic rings. The number of carbonyl (C=O) groups is 3. The summed E-state index contributed by atoms with van der Waals surface area (Å²) >= 11 is 13.0. The highest BCUT2D eigenvalue weighted by atomic mass is 35.5. The van der Waals surface area contributed by atoms with Crippen molar-refractivity contribution in [2.75, 3.05) is 4.90 Å². The minimum Gasteiger partial charge on any atom is -0.545 e. The lowest BCUT2D eigenvalue weighted by Gasteiger charge is -2.17. The van der Waals surface area contributed by atoms with Crippen molar-refractivity contribution >= 4 is 58.4 Å². The summed E-state index contributed by atoms with van der Waals surface area (Å²) in [5, 5.41) is 11.0. The SMILES string of the molecule is O=C([O-])c1ccccc1S[C@H]1CC(=O)N(c2ccc(Cl)cc2Cl)C1=O. The minimum absolute atomic E-state index is 0.0178. The van der Waals surface area contributed by atoms with E-state index in [0.717, 1.165) is 16.7 Å². The Balaban J connectivity index is 1.88. The van der Waals surface area contributed by atoms with Crippen LogP contribution in [0.4, 0.5) is 5.69 Å².